The van der Waals surface area contributed by atoms with Gasteiger partial charge in [-0.2, -0.15) is 0 Å². The molecular formula is C18H19NOS. The molecule has 108 valence electrons. The molecule has 2 nitrogen and oxygen atoms in total. The average molecular weight is 297 g/mol. The molecule has 0 N–H and O–H groups in total. The van der Waals surface area contributed by atoms with E-state index in [9.17, 15) is 0 Å². The molecule has 0 amide bonds. The SMILES string of the molecule is CCOc1ccc2c(ccn2CCSc2ccccc2)c1. The predicted octanol–water partition coefficient (Wildman–Crippen LogP) is 4.83. The maximum Gasteiger partial charge on any atom is 0.120 e. The van der Waals surface area contributed by atoms with E-state index in [-0.39, 0.29) is 0 Å². The molecule has 0 bridgehead atoms. The molecule has 21 heavy (non-hydrogen) atoms. The zero-order valence-corrected chi connectivity index (χ0v) is 13.0. The molecule has 3 heteroatoms. The summed E-state index contributed by atoms with van der Waals surface area (Å²) in [5, 5.41) is 1.24. The van der Waals surface area contributed by atoms with E-state index in [2.05, 4.69) is 59.3 Å². The quantitative estimate of drug-likeness (QED) is 0.605. The van der Waals surface area contributed by atoms with Gasteiger partial charge in [0.1, 0.15) is 5.75 Å². The van der Waals surface area contributed by atoms with Gasteiger partial charge in [0.05, 0.1) is 6.61 Å². The third kappa shape index (κ3) is 3.42. The summed E-state index contributed by atoms with van der Waals surface area (Å²) in [5.74, 6) is 2.02. The molecule has 0 atom stereocenters. The number of hydrogen-bond donors (Lipinski definition) is 0. The summed E-state index contributed by atoms with van der Waals surface area (Å²) in [7, 11) is 0. The number of fused-ring (bicyclic) bond motifs is 1. The largest absolute Gasteiger partial charge is 0.494 e. The van der Waals surface area contributed by atoms with Gasteiger partial charge in [-0.15, -0.1) is 11.8 Å². The van der Waals surface area contributed by atoms with Gasteiger partial charge in [0.25, 0.3) is 0 Å². The third-order valence-electron chi connectivity index (χ3n) is 3.40. The normalized spacial score (nSPS) is 10.9. The molecular weight excluding hydrogens is 278 g/mol. The van der Waals surface area contributed by atoms with Gasteiger partial charge in [-0.1, -0.05) is 18.2 Å². The fourth-order valence-corrected chi connectivity index (χ4v) is 3.28. The van der Waals surface area contributed by atoms with E-state index >= 15 is 0 Å². The number of ether oxygens (including phenoxy) is 1. The van der Waals surface area contributed by atoms with E-state index in [0.29, 0.717) is 6.61 Å². The topological polar surface area (TPSA) is 14.2 Å². The summed E-state index contributed by atoms with van der Waals surface area (Å²) in [6.45, 7) is 3.73. The first kappa shape index (κ1) is 14.1. The van der Waals surface area contributed by atoms with Gasteiger partial charge in [0.15, 0.2) is 0 Å². The Morgan fingerprint density at radius 3 is 2.71 bits per heavy atom. The molecule has 1 heterocycles. The lowest BCUT2D eigenvalue weighted by Gasteiger charge is -2.07. The molecule has 0 saturated carbocycles. The first-order chi connectivity index (χ1) is 10.4. The molecule has 0 aliphatic carbocycles. The van der Waals surface area contributed by atoms with Crippen molar-refractivity contribution in [2.75, 3.05) is 12.4 Å². The Bertz CT molecular complexity index is 706. The Hall–Kier alpha value is -1.87. The van der Waals surface area contributed by atoms with E-state index in [4.69, 9.17) is 4.74 Å². The number of benzene rings is 2. The molecule has 0 unspecified atom stereocenters. The number of hydrogen-bond acceptors (Lipinski definition) is 2. The fourth-order valence-electron chi connectivity index (χ4n) is 2.41. The molecule has 0 spiro atoms. The Labute approximate surface area is 129 Å². The minimum atomic E-state index is 0.708. The molecule has 1 aromatic heterocycles. The highest BCUT2D eigenvalue weighted by molar-refractivity contribution is 7.99. The van der Waals surface area contributed by atoms with E-state index in [0.717, 1.165) is 18.0 Å². The molecule has 0 aliphatic heterocycles. The lowest BCUT2D eigenvalue weighted by atomic mass is 10.2. The lowest BCUT2D eigenvalue weighted by Crippen LogP contribution is -1.98. The number of aromatic nitrogens is 1. The van der Waals surface area contributed by atoms with Gasteiger partial charge >= 0.3 is 0 Å². The zero-order chi connectivity index (χ0) is 14.5. The minimum Gasteiger partial charge on any atom is -0.494 e. The van der Waals surface area contributed by atoms with Gasteiger partial charge in [0.2, 0.25) is 0 Å². The average Bonchev–Trinajstić information content (AvgIpc) is 2.91. The van der Waals surface area contributed by atoms with Crippen molar-refractivity contribution in [2.45, 2.75) is 18.4 Å². The van der Waals surface area contributed by atoms with Crippen molar-refractivity contribution >= 4 is 22.7 Å². The van der Waals surface area contributed by atoms with Crippen molar-refractivity contribution in [2.24, 2.45) is 0 Å². The molecule has 0 radical (unpaired) electrons. The Balaban J connectivity index is 1.67. The second kappa shape index (κ2) is 6.72. The first-order valence-electron chi connectivity index (χ1n) is 7.26. The zero-order valence-electron chi connectivity index (χ0n) is 12.2. The van der Waals surface area contributed by atoms with Crippen molar-refractivity contribution in [3.05, 3.63) is 60.8 Å². The van der Waals surface area contributed by atoms with Crippen LogP contribution in [0.5, 0.6) is 5.75 Å². The van der Waals surface area contributed by atoms with Crippen molar-refractivity contribution in [3.63, 3.8) is 0 Å². The Morgan fingerprint density at radius 2 is 1.90 bits per heavy atom. The molecule has 3 aromatic rings. The monoisotopic (exact) mass is 297 g/mol. The second-order valence-corrected chi connectivity index (χ2v) is 5.99. The van der Waals surface area contributed by atoms with E-state index in [1.807, 2.05) is 24.8 Å². The molecule has 3 rings (SSSR count). The molecule has 2 aromatic carbocycles. The summed E-state index contributed by atoms with van der Waals surface area (Å²) < 4.78 is 7.86. The number of aryl methyl sites for hydroxylation is 1. The number of thioether (sulfide) groups is 1. The molecule has 0 aliphatic rings. The summed E-state index contributed by atoms with van der Waals surface area (Å²) in [6, 6.07) is 19.0. The standard InChI is InChI=1S/C18H19NOS/c1-2-20-16-8-9-18-15(14-16)10-11-19(18)12-13-21-17-6-4-3-5-7-17/h3-11,14H,2,12-13H2,1H3. The van der Waals surface area contributed by atoms with Crippen LogP contribution in [0.25, 0.3) is 10.9 Å². The summed E-state index contributed by atoms with van der Waals surface area (Å²) in [6.07, 6.45) is 2.16. The first-order valence-corrected chi connectivity index (χ1v) is 8.25. The molecule has 0 fully saturated rings. The second-order valence-electron chi connectivity index (χ2n) is 4.82. The fraction of sp³-hybridized carbons (Fsp3) is 0.222. The van der Waals surface area contributed by atoms with Gasteiger partial charge in [0, 0.05) is 34.3 Å². The predicted molar refractivity (Wildman–Crippen MR) is 90.3 cm³/mol. The van der Waals surface area contributed by atoms with Crippen LogP contribution in [-0.2, 0) is 6.54 Å². The van der Waals surface area contributed by atoms with Crippen molar-refractivity contribution in [1.29, 1.82) is 0 Å². The maximum atomic E-state index is 5.55. The maximum absolute atomic E-state index is 5.55. The van der Waals surface area contributed by atoms with Crippen molar-refractivity contribution in [1.82, 2.24) is 4.57 Å². The smallest absolute Gasteiger partial charge is 0.120 e. The Kier molecular flexibility index (Phi) is 4.51. The van der Waals surface area contributed by atoms with Gasteiger partial charge < -0.3 is 9.30 Å². The van der Waals surface area contributed by atoms with E-state index < -0.39 is 0 Å². The molecule has 0 saturated heterocycles. The van der Waals surface area contributed by atoms with Crippen LogP contribution >= 0.6 is 11.8 Å². The Morgan fingerprint density at radius 1 is 1.05 bits per heavy atom. The highest BCUT2D eigenvalue weighted by Gasteiger charge is 2.03. The third-order valence-corrected chi connectivity index (χ3v) is 4.39. The van der Waals surface area contributed by atoms with Crippen LogP contribution in [0, 0.1) is 0 Å². The van der Waals surface area contributed by atoms with Gasteiger partial charge in [-0.05, 0) is 43.3 Å². The summed E-state index contributed by atoms with van der Waals surface area (Å²) in [5.41, 5.74) is 1.27. The number of nitrogens with zero attached hydrogens (tertiary/aromatic N) is 1. The van der Waals surface area contributed by atoms with Crippen LogP contribution in [0.1, 0.15) is 6.92 Å². The van der Waals surface area contributed by atoms with Crippen LogP contribution in [0.4, 0.5) is 0 Å². The van der Waals surface area contributed by atoms with Crippen LogP contribution in [0.3, 0.4) is 0 Å². The highest BCUT2D eigenvalue weighted by atomic mass is 32.2. The summed E-state index contributed by atoms with van der Waals surface area (Å²) in [4.78, 5) is 1.33. The van der Waals surface area contributed by atoms with E-state index in [1.54, 1.807) is 0 Å². The van der Waals surface area contributed by atoms with E-state index in [1.165, 1.54) is 15.8 Å². The van der Waals surface area contributed by atoms with Crippen LogP contribution < -0.4 is 4.74 Å². The van der Waals surface area contributed by atoms with Crippen LogP contribution in [-0.4, -0.2) is 16.9 Å². The van der Waals surface area contributed by atoms with Crippen LogP contribution in [0.15, 0.2) is 65.7 Å². The van der Waals surface area contributed by atoms with Crippen molar-refractivity contribution in [3.8, 4) is 5.75 Å². The number of rotatable bonds is 6. The van der Waals surface area contributed by atoms with Crippen molar-refractivity contribution < 1.29 is 4.74 Å². The lowest BCUT2D eigenvalue weighted by molar-refractivity contribution is 0.340. The van der Waals surface area contributed by atoms with Gasteiger partial charge in [-0.3, -0.25) is 0 Å². The van der Waals surface area contributed by atoms with Crippen LogP contribution in [0.2, 0.25) is 0 Å². The minimum absolute atomic E-state index is 0.708. The summed E-state index contributed by atoms with van der Waals surface area (Å²) >= 11 is 1.89. The van der Waals surface area contributed by atoms with Gasteiger partial charge in [-0.25, -0.2) is 0 Å². The highest BCUT2D eigenvalue weighted by Crippen LogP contribution is 2.23.